The van der Waals surface area contributed by atoms with Gasteiger partial charge in [-0.05, 0) is 67.9 Å². The molecule has 2 amide bonds. The summed E-state index contributed by atoms with van der Waals surface area (Å²) in [7, 11) is 0. The van der Waals surface area contributed by atoms with E-state index in [2.05, 4.69) is 5.32 Å². The Labute approximate surface area is 220 Å². The number of halogens is 2. The lowest BCUT2D eigenvalue weighted by Crippen LogP contribution is -2.53. The molecule has 3 N–H and O–H groups in total. The standard InChI is InChI=1S/C26H32Cl2N2O4S/c27-18-6-1-4-16(12-18)13-20-9-10-21(35-20)15-29-25(33)23(31)24(32)26(34)30-11-3-8-22(30)17-5-2-7-19(28)14-17/h1,4,6,9-10,12,17,19,22-24,31-32H,2-3,5,7-8,11,13-15H2,(H,29,33)/t17-,19+,22+,23+,24+/m0/s1. The van der Waals surface area contributed by atoms with Crippen LogP contribution in [0.5, 0.6) is 0 Å². The van der Waals surface area contributed by atoms with Crippen LogP contribution >= 0.6 is 34.5 Å². The van der Waals surface area contributed by atoms with Crippen LogP contribution in [0.4, 0.5) is 0 Å². The molecule has 2 fully saturated rings. The molecular weight excluding hydrogens is 507 g/mol. The second kappa shape index (κ2) is 12.1. The molecule has 1 saturated heterocycles. The maximum atomic E-state index is 13.0. The van der Waals surface area contributed by atoms with Gasteiger partial charge in [0.25, 0.3) is 11.8 Å². The minimum absolute atomic E-state index is 0.0120. The normalized spacial score (nSPS) is 24.2. The van der Waals surface area contributed by atoms with E-state index in [1.54, 1.807) is 16.2 Å². The number of hydrogen-bond donors (Lipinski definition) is 3. The zero-order valence-electron chi connectivity index (χ0n) is 19.5. The van der Waals surface area contributed by atoms with Gasteiger partial charge in [-0.1, -0.05) is 30.2 Å². The fourth-order valence-electron chi connectivity index (χ4n) is 5.26. The van der Waals surface area contributed by atoms with Gasteiger partial charge in [0, 0.05) is 39.2 Å². The first-order valence-electron chi connectivity index (χ1n) is 12.2. The van der Waals surface area contributed by atoms with E-state index < -0.39 is 24.0 Å². The number of likely N-dealkylation sites (tertiary alicyclic amines) is 1. The smallest absolute Gasteiger partial charge is 0.254 e. The second-order valence-corrected chi connectivity index (χ2v) is 11.9. The molecule has 1 aliphatic heterocycles. The summed E-state index contributed by atoms with van der Waals surface area (Å²) in [6, 6.07) is 11.6. The molecule has 0 unspecified atom stereocenters. The molecule has 1 aliphatic carbocycles. The van der Waals surface area contributed by atoms with Crippen LogP contribution in [-0.4, -0.2) is 57.1 Å². The van der Waals surface area contributed by atoms with Crippen LogP contribution < -0.4 is 5.32 Å². The summed E-state index contributed by atoms with van der Waals surface area (Å²) in [6.07, 6.45) is 2.75. The summed E-state index contributed by atoms with van der Waals surface area (Å²) in [6.45, 7) is 0.742. The molecule has 1 aromatic heterocycles. The van der Waals surface area contributed by atoms with Crippen molar-refractivity contribution in [2.24, 2.45) is 5.92 Å². The molecule has 5 atom stereocenters. The van der Waals surface area contributed by atoms with E-state index in [1.165, 1.54) is 0 Å². The van der Waals surface area contributed by atoms with E-state index in [0.29, 0.717) is 17.5 Å². The summed E-state index contributed by atoms with van der Waals surface area (Å²) < 4.78 is 0. The van der Waals surface area contributed by atoms with E-state index in [0.717, 1.165) is 60.3 Å². The molecule has 9 heteroatoms. The average Bonchev–Trinajstić information content (AvgIpc) is 3.51. The third-order valence-corrected chi connectivity index (χ3v) is 8.74. The lowest BCUT2D eigenvalue weighted by atomic mass is 9.82. The molecule has 35 heavy (non-hydrogen) atoms. The lowest BCUT2D eigenvalue weighted by molar-refractivity contribution is -0.154. The molecule has 2 aliphatic rings. The largest absolute Gasteiger partial charge is 0.380 e. The highest BCUT2D eigenvalue weighted by Gasteiger charge is 2.41. The summed E-state index contributed by atoms with van der Waals surface area (Å²) in [5, 5.41) is 24.4. The number of nitrogens with zero attached hydrogens (tertiary/aromatic N) is 1. The molecule has 190 valence electrons. The van der Waals surface area contributed by atoms with Crippen LogP contribution in [0.1, 0.15) is 53.8 Å². The van der Waals surface area contributed by atoms with Crippen LogP contribution in [0.25, 0.3) is 0 Å². The number of carbonyl (C=O) groups is 2. The number of benzene rings is 1. The minimum Gasteiger partial charge on any atom is -0.380 e. The summed E-state index contributed by atoms with van der Waals surface area (Å²) in [5.74, 6) is -1.03. The predicted octanol–water partition coefficient (Wildman–Crippen LogP) is 4.12. The van der Waals surface area contributed by atoms with Crippen LogP contribution in [0.15, 0.2) is 36.4 Å². The first-order valence-corrected chi connectivity index (χ1v) is 13.9. The number of thiophene rings is 1. The molecule has 2 aromatic rings. The Kier molecular flexibility index (Phi) is 9.11. The van der Waals surface area contributed by atoms with Gasteiger partial charge >= 0.3 is 0 Å². The Balaban J connectivity index is 1.29. The van der Waals surface area contributed by atoms with Crippen molar-refractivity contribution in [3.63, 3.8) is 0 Å². The van der Waals surface area contributed by atoms with Gasteiger partial charge in [-0.3, -0.25) is 9.59 Å². The molecule has 6 nitrogen and oxygen atoms in total. The molecule has 2 heterocycles. The Bertz CT molecular complexity index is 1030. The van der Waals surface area contributed by atoms with Crippen molar-refractivity contribution in [2.45, 2.75) is 75.1 Å². The topological polar surface area (TPSA) is 89.9 Å². The third-order valence-electron chi connectivity index (χ3n) is 7.02. The third kappa shape index (κ3) is 6.77. The Morgan fingerprint density at radius 3 is 2.66 bits per heavy atom. The molecule has 0 radical (unpaired) electrons. The van der Waals surface area contributed by atoms with Gasteiger partial charge in [-0.2, -0.15) is 0 Å². The van der Waals surface area contributed by atoms with E-state index in [4.69, 9.17) is 23.2 Å². The van der Waals surface area contributed by atoms with Crippen LogP contribution in [0, 0.1) is 5.92 Å². The van der Waals surface area contributed by atoms with Crippen molar-refractivity contribution in [3.8, 4) is 0 Å². The van der Waals surface area contributed by atoms with Gasteiger partial charge in [-0.25, -0.2) is 0 Å². The summed E-state index contributed by atoms with van der Waals surface area (Å²) >= 11 is 14.0. The Hall–Kier alpha value is -1.64. The average molecular weight is 540 g/mol. The van der Waals surface area contributed by atoms with Crippen molar-refractivity contribution in [1.82, 2.24) is 10.2 Å². The highest BCUT2D eigenvalue weighted by Crippen LogP contribution is 2.36. The van der Waals surface area contributed by atoms with E-state index in [1.807, 2.05) is 36.4 Å². The number of carbonyl (C=O) groups excluding carboxylic acids is 2. The summed E-state index contributed by atoms with van der Waals surface area (Å²) in [5.41, 5.74) is 1.10. The molecule has 0 spiro atoms. The first-order chi connectivity index (χ1) is 16.8. The van der Waals surface area contributed by atoms with Crippen molar-refractivity contribution in [1.29, 1.82) is 0 Å². The Morgan fingerprint density at radius 2 is 1.89 bits per heavy atom. The van der Waals surface area contributed by atoms with Gasteiger partial charge in [0.1, 0.15) is 0 Å². The van der Waals surface area contributed by atoms with Crippen molar-refractivity contribution in [2.75, 3.05) is 6.54 Å². The maximum Gasteiger partial charge on any atom is 0.254 e. The molecule has 0 bridgehead atoms. The van der Waals surface area contributed by atoms with Gasteiger partial charge in [0.2, 0.25) is 0 Å². The highest BCUT2D eigenvalue weighted by atomic mass is 35.5. The first kappa shape index (κ1) is 26.4. The molecular formula is C26H32Cl2N2O4S. The van der Waals surface area contributed by atoms with Crippen molar-refractivity contribution < 1.29 is 19.8 Å². The van der Waals surface area contributed by atoms with Crippen molar-refractivity contribution >= 4 is 46.4 Å². The SMILES string of the molecule is O=C(NCc1ccc(Cc2cccc(Cl)c2)s1)[C@H](O)[C@@H](O)C(=O)N1CCC[C@@H]1[C@H]1CCC[C@@H](Cl)C1. The van der Waals surface area contributed by atoms with Gasteiger partial charge in [0.15, 0.2) is 12.2 Å². The monoisotopic (exact) mass is 538 g/mol. The highest BCUT2D eigenvalue weighted by molar-refractivity contribution is 7.12. The number of aliphatic hydroxyl groups is 2. The zero-order valence-corrected chi connectivity index (χ0v) is 21.9. The quantitative estimate of drug-likeness (QED) is 0.441. The van der Waals surface area contributed by atoms with Gasteiger partial charge < -0.3 is 20.4 Å². The zero-order chi connectivity index (χ0) is 24.9. The summed E-state index contributed by atoms with van der Waals surface area (Å²) in [4.78, 5) is 29.2. The number of rotatable bonds is 8. The van der Waals surface area contributed by atoms with Gasteiger partial charge in [0.05, 0.1) is 6.54 Å². The molecule has 1 saturated carbocycles. The minimum atomic E-state index is -1.82. The maximum absolute atomic E-state index is 13.0. The number of amides is 2. The van der Waals surface area contributed by atoms with E-state index >= 15 is 0 Å². The number of nitrogens with one attached hydrogen (secondary N) is 1. The van der Waals surface area contributed by atoms with Gasteiger partial charge in [-0.15, -0.1) is 22.9 Å². The predicted molar refractivity (Wildman–Crippen MR) is 139 cm³/mol. The van der Waals surface area contributed by atoms with Crippen LogP contribution in [-0.2, 0) is 22.6 Å². The fraction of sp³-hybridized carbons (Fsp3) is 0.538. The Morgan fingerprint density at radius 1 is 1.09 bits per heavy atom. The van der Waals surface area contributed by atoms with Crippen LogP contribution in [0.3, 0.4) is 0 Å². The van der Waals surface area contributed by atoms with E-state index in [-0.39, 0.29) is 18.0 Å². The molecule has 4 rings (SSSR count). The van der Waals surface area contributed by atoms with E-state index in [9.17, 15) is 19.8 Å². The number of alkyl halides is 1. The fourth-order valence-corrected chi connectivity index (χ4v) is 6.85. The number of aliphatic hydroxyl groups excluding tert-OH is 2. The van der Waals surface area contributed by atoms with Crippen LogP contribution in [0.2, 0.25) is 5.02 Å². The van der Waals surface area contributed by atoms with Crippen molar-refractivity contribution in [3.05, 3.63) is 56.7 Å². The molecule has 1 aromatic carbocycles. The lowest BCUT2D eigenvalue weighted by Gasteiger charge is -2.36. The number of hydrogen-bond acceptors (Lipinski definition) is 5. The second-order valence-electron chi connectivity index (χ2n) is 9.55.